The van der Waals surface area contributed by atoms with Gasteiger partial charge in [0.2, 0.25) is 0 Å². The van der Waals surface area contributed by atoms with E-state index in [1.807, 2.05) is 6.92 Å². The topological polar surface area (TPSA) is 41.5 Å². The molecule has 1 aliphatic rings. The van der Waals surface area contributed by atoms with Gasteiger partial charge in [-0.1, -0.05) is 11.6 Å². The predicted molar refractivity (Wildman–Crippen MR) is 55.0 cm³/mol. The van der Waals surface area contributed by atoms with Crippen molar-refractivity contribution in [3.05, 3.63) is 23.2 Å². The number of hydrogen-bond acceptors (Lipinski definition) is 3. The van der Waals surface area contributed by atoms with Crippen LogP contribution in [-0.2, 0) is 0 Å². The normalized spacial score (nSPS) is 18.7. The molecule has 1 fully saturated rings. The quantitative estimate of drug-likeness (QED) is 0.787. The molecular formula is C10H12ClNO2. The molecule has 0 spiro atoms. The Balaban J connectivity index is 2.13. The van der Waals surface area contributed by atoms with E-state index in [1.165, 1.54) is 6.07 Å². The molecule has 1 saturated heterocycles. The molecule has 1 heterocycles. The molecule has 0 aromatic heterocycles. The highest BCUT2D eigenvalue weighted by molar-refractivity contribution is 6.32. The summed E-state index contributed by atoms with van der Waals surface area (Å²) in [7, 11) is 0. The fourth-order valence-corrected chi connectivity index (χ4v) is 1.56. The summed E-state index contributed by atoms with van der Waals surface area (Å²) in [6.45, 7) is 3.71. The molecule has 0 amide bonds. The van der Waals surface area contributed by atoms with Gasteiger partial charge in [-0.2, -0.15) is 0 Å². The number of phenols is 1. The van der Waals surface area contributed by atoms with Gasteiger partial charge in [-0.05, 0) is 19.1 Å². The van der Waals surface area contributed by atoms with Crippen molar-refractivity contribution in [1.29, 1.82) is 0 Å². The van der Waals surface area contributed by atoms with Crippen LogP contribution in [0.3, 0.4) is 0 Å². The van der Waals surface area contributed by atoms with Crippen molar-refractivity contribution in [1.82, 2.24) is 5.32 Å². The van der Waals surface area contributed by atoms with Gasteiger partial charge in [0.1, 0.15) is 17.1 Å². The lowest BCUT2D eigenvalue weighted by atomic mass is 10.00. The summed E-state index contributed by atoms with van der Waals surface area (Å²) >= 11 is 5.76. The van der Waals surface area contributed by atoms with E-state index in [9.17, 15) is 5.11 Å². The van der Waals surface area contributed by atoms with Gasteiger partial charge in [-0.15, -0.1) is 0 Å². The van der Waals surface area contributed by atoms with Crippen LogP contribution < -0.4 is 10.1 Å². The van der Waals surface area contributed by atoms with Crippen molar-refractivity contribution in [3.8, 4) is 11.5 Å². The lowest BCUT2D eigenvalue weighted by Crippen LogP contribution is -2.60. The second-order valence-corrected chi connectivity index (χ2v) is 4.18. The average molecular weight is 214 g/mol. The SMILES string of the molecule is CC1(Oc2ccc(O)c(Cl)c2)CNC1. The van der Waals surface area contributed by atoms with Crippen LogP contribution >= 0.6 is 11.6 Å². The molecule has 0 atom stereocenters. The van der Waals surface area contributed by atoms with Gasteiger partial charge in [0.15, 0.2) is 0 Å². The molecule has 14 heavy (non-hydrogen) atoms. The van der Waals surface area contributed by atoms with Gasteiger partial charge in [0.05, 0.1) is 5.02 Å². The Morgan fingerprint density at radius 2 is 2.21 bits per heavy atom. The molecule has 1 aromatic carbocycles. The van der Waals surface area contributed by atoms with Crippen molar-refractivity contribution in [2.75, 3.05) is 13.1 Å². The zero-order valence-corrected chi connectivity index (χ0v) is 8.64. The average Bonchev–Trinajstić information content (AvgIpc) is 2.09. The highest BCUT2D eigenvalue weighted by Gasteiger charge is 2.33. The predicted octanol–water partition coefficient (Wildman–Crippen LogP) is 1.79. The maximum Gasteiger partial charge on any atom is 0.134 e. The van der Waals surface area contributed by atoms with Gasteiger partial charge in [0, 0.05) is 19.2 Å². The Bertz CT molecular complexity index is 350. The number of hydrogen-bond donors (Lipinski definition) is 2. The van der Waals surface area contributed by atoms with Gasteiger partial charge >= 0.3 is 0 Å². The summed E-state index contributed by atoms with van der Waals surface area (Å²) in [6, 6.07) is 4.87. The number of rotatable bonds is 2. The third-order valence-electron chi connectivity index (χ3n) is 2.28. The molecule has 0 unspecified atom stereocenters. The van der Waals surface area contributed by atoms with E-state index in [0.29, 0.717) is 10.8 Å². The molecular weight excluding hydrogens is 202 g/mol. The minimum Gasteiger partial charge on any atom is -0.506 e. The summed E-state index contributed by atoms with van der Waals surface area (Å²) in [4.78, 5) is 0. The third kappa shape index (κ3) is 1.79. The van der Waals surface area contributed by atoms with Gasteiger partial charge in [-0.25, -0.2) is 0 Å². The minimum atomic E-state index is -0.139. The molecule has 0 radical (unpaired) electrons. The molecule has 0 aliphatic carbocycles. The lowest BCUT2D eigenvalue weighted by molar-refractivity contribution is 0.0348. The Kier molecular flexibility index (Phi) is 2.29. The molecule has 2 N–H and O–H groups in total. The van der Waals surface area contributed by atoms with Gasteiger partial charge in [-0.3, -0.25) is 0 Å². The van der Waals surface area contributed by atoms with E-state index < -0.39 is 0 Å². The summed E-state index contributed by atoms with van der Waals surface area (Å²) < 4.78 is 5.72. The molecule has 1 aliphatic heterocycles. The van der Waals surface area contributed by atoms with Crippen LogP contribution in [0, 0.1) is 0 Å². The maximum atomic E-state index is 9.21. The Labute approximate surface area is 87.6 Å². The Hall–Kier alpha value is -0.930. The van der Waals surface area contributed by atoms with Crippen molar-refractivity contribution in [3.63, 3.8) is 0 Å². The second-order valence-electron chi connectivity index (χ2n) is 3.77. The Morgan fingerprint density at radius 3 is 2.71 bits per heavy atom. The number of benzene rings is 1. The molecule has 3 nitrogen and oxygen atoms in total. The molecule has 2 rings (SSSR count). The van der Waals surface area contributed by atoms with E-state index >= 15 is 0 Å². The zero-order valence-electron chi connectivity index (χ0n) is 7.88. The van der Waals surface area contributed by atoms with Crippen LogP contribution in [0.1, 0.15) is 6.92 Å². The van der Waals surface area contributed by atoms with Crippen LogP contribution in [0.4, 0.5) is 0 Å². The summed E-state index contributed by atoms with van der Waals surface area (Å²) in [5.74, 6) is 0.771. The van der Waals surface area contributed by atoms with Crippen molar-refractivity contribution >= 4 is 11.6 Å². The van der Waals surface area contributed by atoms with Gasteiger partial charge < -0.3 is 15.2 Å². The van der Waals surface area contributed by atoms with Crippen molar-refractivity contribution < 1.29 is 9.84 Å². The molecule has 0 bridgehead atoms. The second kappa shape index (κ2) is 3.33. The fraction of sp³-hybridized carbons (Fsp3) is 0.400. The van der Waals surface area contributed by atoms with Crippen LogP contribution in [0.25, 0.3) is 0 Å². The molecule has 4 heteroatoms. The van der Waals surface area contributed by atoms with Crippen molar-refractivity contribution in [2.45, 2.75) is 12.5 Å². The maximum absolute atomic E-state index is 9.21. The summed E-state index contributed by atoms with van der Waals surface area (Å²) in [5, 5.41) is 12.7. The summed E-state index contributed by atoms with van der Waals surface area (Å²) in [5.41, 5.74) is -0.139. The van der Waals surface area contributed by atoms with E-state index in [1.54, 1.807) is 12.1 Å². The number of nitrogens with one attached hydrogen (secondary N) is 1. The van der Waals surface area contributed by atoms with Crippen LogP contribution in [0.15, 0.2) is 18.2 Å². The first kappa shape index (κ1) is 9.62. The first-order valence-electron chi connectivity index (χ1n) is 4.47. The van der Waals surface area contributed by atoms with Gasteiger partial charge in [0.25, 0.3) is 0 Å². The minimum absolute atomic E-state index is 0.0795. The smallest absolute Gasteiger partial charge is 0.134 e. The number of ether oxygens (including phenoxy) is 1. The van der Waals surface area contributed by atoms with E-state index in [2.05, 4.69) is 5.32 Å². The third-order valence-corrected chi connectivity index (χ3v) is 2.58. The molecule has 1 aromatic rings. The first-order chi connectivity index (χ1) is 6.59. The van der Waals surface area contributed by atoms with Crippen LogP contribution in [0.2, 0.25) is 5.02 Å². The largest absolute Gasteiger partial charge is 0.506 e. The molecule has 0 saturated carbocycles. The van der Waals surface area contributed by atoms with E-state index in [0.717, 1.165) is 13.1 Å². The fourth-order valence-electron chi connectivity index (χ4n) is 1.38. The van der Waals surface area contributed by atoms with E-state index in [4.69, 9.17) is 16.3 Å². The zero-order chi connectivity index (χ0) is 10.2. The lowest BCUT2D eigenvalue weighted by Gasteiger charge is -2.39. The standard InChI is InChI=1S/C10H12ClNO2/c1-10(5-12-6-10)14-7-2-3-9(13)8(11)4-7/h2-4,12-13H,5-6H2,1H3. The monoisotopic (exact) mass is 213 g/mol. The first-order valence-corrected chi connectivity index (χ1v) is 4.85. The number of phenolic OH excluding ortho intramolecular Hbond substituents is 1. The summed E-state index contributed by atoms with van der Waals surface area (Å²) in [6.07, 6.45) is 0. The molecule has 76 valence electrons. The van der Waals surface area contributed by atoms with Crippen molar-refractivity contribution in [2.24, 2.45) is 0 Å². The highest BCUT2D eigenvalue weighted by Crippen LogP contribution is 2.30. The Morgan fingerprint density at radius 1 is 1.50 bits per heavy atom. The number of aromatic hydroxyl groups is 1. The van der Waals surface area contributed by atoms with Crippen LogP contribution in [0.5, 0.6) is 11.5 Å². The van der Waals surface area contributed by atoms with Crippen LogP contribution in [-0.4, -0.2) is 23.8 Å². The van der Waals surface area contributed by atoms with E-state index in [-0.39, 0.29) is 11.4 Å². The highest BCUT2D eigenvalue weighted by atomic mass is 35.5. The number of halogens is 1.